The normalized spacial score (nSPS) is 12.9. The predicted molar refractivity (Wildman–Crippen MR) is 107 cm³/mol. The van der Waals surface area contributed by atoms with Crippen LogP contribution in [0.25, 0.3) is 0 Å². The molecule has 0 saturated carbocycles. The summed E-state index contributed by atoms with van der Waals surface area (Å²) in [5.74, 6) is 0.541. The lowest BCUT2D eigenvalue weighted by Gasteiger charge is -2.24. The number of hydrogen-bond donors (Lipinski definition) is 2. The molecule has 0 aliphatic heterocycles. The summed E-state index contributed by atoms with van der Waals surface area (Å²) in [6.45, 7) is 6.02. The molecule has 0 bridgehead atoms. The van der Waals surface area contributed by atoms with Crippen LogP contribution >= 0.6 is 28.3 Å². The smallest absolute Gasteiger partial charge is 0.244 e. The number of nitrogens with two attached hydrogens (primary N) is 1. The summed E-state index contributed by atoms with van der Waals surface area (Å²) >= 11 is 3.38. The van der Waals surface area contributed by atoms with Gasteiger partial charge in [0.15, 0.2) is 0 Å². The van der Waals surface area contributed by atoms with E-state index in [9.17, 15) is 4.79 Å². The highest BCUT2D eigenvalue weighted by Crippen LogP contribution is 2.22. The van der Waals surface area contributed by atoms with Crippen molar-refractivity contribution in [2.24, 2.45) is 5.73 Å². The van der Waals surface area contributed by atoms with Crippen LogP contribution in [0.3, 0.4) is 0 Å². The Morgan fingerprint density at radius 3 is 2.40 bits per heavy atom. The fourth-order valence-corrected chi connectivity index (χ4v) is 2.57. The lowest BCUT2D eigenvalue weighted by atomic mass is 9.92. The molecule has 0 heterocycles. The number of carbonyl (C=O) groups is 1. The standard InChI is InChI=1S/C19H23BrN2O2.ClH/c1-13(2)24-17-7-5-4-6-14(17)12-22-18(23)19(3,21)15-8-10-16(20)11-9-15;/h4-11,13H,12,21H2,1-3H3,(H,22,23);1H. The minimum absolute atomic E-state index is 0. The number of para-hydroxylation sites is 1. The Hall–Kier alpha value is -1.56. The lowest BCUT2D eigenvalue weighted by Crippen LogP contribution is -2.48. The molecule has 1 atom stereocenters. The number of carbonyl (C=O) groups excluding carboxylic acids is 1. The molecule has 0 fully saturated rings. The zero-order chi connectivity index (χ0) is 17.7. The second-order valence-electron chi connectivity index (χ2n) is 6.17. The molecule has 2 aromatic rings. The third kappa shape index (κ3) is 5.73. The molecule has 0 aliphatic carbocycles. The summed E-state index contributed by atoms with van der Waals surface area (Å²) in [5.41, 5.74) is 6.83. The van der Waals surface area contributed by atoms with Gasteiger partial charge in [0.1, 0.15) is 11.3 Å². The van der Waals surface area contributed by atoms with Crippen molar-refractivity contribution in [3.63, 3.8) is 0 Å². The molecule has 3 N–H and O–H groups in total. The van der Waals surface area contributed by atoms with Crippen LogP contribution < -0.4 is 15.8 Å². The Bertz CT molecular complexity index is 703. The molecule has 136 valence electrons. The SMILES string of the molecule is CC(C)Oc1ccccc1CNC(=O)C(C)(N)c1ccc(Br)cc1.Cl. The van der Waals surface area contributed by atoms with E-state index >= 15 is 0 Å². The number of nitrogens with one attached hydrogen (secondary N) is 1. The van der Waals surface area contributed by atoms with Crippen molar-refractivity contribution < 1.29 is 9.53 Å². The van der Waals surface area contributed by atoms with E-state index in [0.717, 1.165) is 21.3 Å². The number of ether oxygens (including phenoxy) is 1. The Labute approximate surface area is 163 Å². The first-order chi connectivity index (χ1) is 11.3. The third-order valence-electron chi connectivity index (χ3n) is 3.69. The average Bonchev–Trinajstić information content (AvgIpc) is 2.53. The summed E-state index contributed by atoms with van der Waals surface area (Å²) in [6.07, 6.45) is 0.0735. The van der Waals surface area contributed by atoms with Crippen LogP contribution in [0.15, 0.2) is 53.0 Å². The van der Waals surface area contributed by atoms with Crippen molar-refractivity contribution >= 4 is 34.2 Å². The molecule has 6 heteroatoms. The van der Waals surface area contributed by atoms with E-state index in [1.165, 1.54) is 0 Å². The Balaban J connectivity index is 0.00000312. The molecule has 2 aromatic carbocycles. The van der Waals surface area contributed by atoms with Gasteiger partial charge in [-0.15, -0.1) is 12.4 Å². The molecule has 0 spiro atoms. The van der Waals surface area contributed by atoms with Crippen LogP contribution in [0.1, 0.15) is 31.9 Å². The first-order valence-electron chi connectivity index (χ1n) is 7.88. The van der Waals surface area contributed by atoms with Gasteiger partial charge in [0.2, 0.25) is 5.91 Å². The van der Waals surface area contributed by atoms with Crippen molar-refractivity contribution in [2.75, 3.05) is 0 Å². The molecular formula is C19H24BrClN2O2. The van der Waals surface area contributed by atoms with Crippen LogP contribution in [0, 0.1) is 0 Å². The molecule has 0 aromatic heterocycles. The minimum Gasteiger partial charge on any atom is -0.491 e. The van der Waals surface area contributed by atoms with E-state index in [4.69, 9.17) is 10.5 Å². The van der Waals surface area contributed by atoms with E-state index in [1.807, 2.05) is 62.4 Å². The fraction of sp³-hybridized carbons (Fsp3) is 0.316. The van der Waals surface area contributed by atoms with Gasteiger partial charge in [-0.05, 0) is 44.5 Å². The first kappa shape index (κ1) is 21.5. The molecule has 2 rings (SSSR count). The first-order valence-corrected chi connectivity index (χ1v) is 8.68. The number of rotatable bonds is 6. The Morgan fingerprint density at radius 2 is 1.80 bits per heavy atom. The summed E-state index contributed by atoms with van der Waals surface area (Å²) < 4.78 is 6.72. The number of benzene rings is 2. The number of hydrogen-bond acceptors (Lipinski definition) is 3. The van der Waals surface area contributed by atoms with Crippen molar-refractivity contribution in [3.8, 4) is 5.75 Å². The van der Waals surface area contributed by atoms with Gasteiger partial charge in [-0.1, -0.05) is 46.3 Å². The number of amides is 1. The van der Waals surface area contributed by atoms with Crippen molar-refractivity contribution in [3.05, 3.63) is 64.1 Å². The maximum Gasteiger partial charge on any atom is 0.244 e. The van der Waals surface area contributed by atoms with Gasteiger partial charge in [-0.3, -0.25) is 4.79 Å². The molecule has 0 saturated heterocycles. The maximum absolute atomic E-state index is 12.6. The largest absolute Gasteiger partial charge is 0.491 e. The van der Waals surface area contributed by atoms with Gasteiger partial charge in [-0.25, -0.2) is 0 Å². The topological polar surface area (TPSA) is 64.3 Å². The monoisotopic (exact) mass is 426 g/mol. The van der Waals surface area contributed by atoms with Crippen LogP contribution in [0.4, 0.5) is 0 Å². The number of halogens is 2. The quantitative estimate of drug-likeness (QED) is 0.728. The van der Waals surface area contributed by atoms with E-state index in [0.29, 0.717) is 6.54 Å². The van der Waals surface area contributed by atoms with Gasteiger partial charge >= 0.3 is 0 Å². The van der Waals surface area contributed by atoms with Crippen molar-refractivity contribution in [2.45, 2.75) is 39.0 Å². The second-order valence-corrected chi connectivity index (χ2v) is 7.08. The Morgan fingerprint density at radius 1 is 1.20 bits per heavy atom. The highest BCUT2D eigenvalue weighted by molar-refractivity contribution is 9.10. The highest BCUT2D eigenvalue weighted by Gasteiger charge is 2.30. The van der Waals surface area contributed by atoms with E-state index in [-0.39, 0.29) is 24.4 Å². The second kappa shape index (κ2) is 9.22. The molecule has 0 radical (unpaired) electrons. The van der Waals surface area contributed by atoms with Gasteiger partial charge in [-0.2, -0.15) is 0 Å². The van der Waals surface area contributed by atoms with Crippen LogP contribution in [-0.4, -0.2) is 12.0 Å². The third-order valence-corrected chi connectivity index (χ3v) is 4.22. The van der Waals surface area contributed by atoms with E-state index in [1.54, 1.807) is 6.92 Å². The summed E-state index contributed by atoms with van der Waals surface area (Å²) in [7, 11) is 0. The molecule has 4 nitrogen and oxygen atoms in total. The average molecular weight is 428 g/mol. The molecule has 1 amide bonds. The van der Waals surface area contributed by atoms with Crippen molar-refractivity contribution in [1.29, 1.82) is 0 Å². The van der Waals surface area contributed by atoms with Crippen LogP contribution in [-0.2, 0) is 16.9 Å². The Kier molecular flexibility index (Phi) is 7.93. The lowest BCUT2D eigenvalue weighted by molar-refractivity contribution is -0.126. The van der Waals surface area contributed by atoms with Crippen LogP contribution in [0.2, 0.25) is 0 Å². The molecule has 1 unspecified atom stereocenters. The van der Waals surface area contributed by atoms with Gasteiger partial charge < -0.3 is 15.8 Å². The summed E-state index contributed by atoms with van der Waals surface area (Å²) in [6, 6.07) is 15.1. The van der Waals surface area contributed by atoms with Gasteiger partial charge in [0.05, 0.1) is 6.10 Å². The zero-order valence-corrected chi connectivity index (χ0v) is 17.0. The van der Waals surface area contributed by atoms with Crippen molar-refractivity contribution in [1.82, 2.24) is 5.32 Å². The zero-order valence-electron chi connectivity index (χ0n) is 14.6. The van der Waals surface area contributed by atoms with Crippen LogP contribution in [0.5, 0.6) is 5.75 Å². The van der Waals surface area contributed by atoms with E-state index < -0.39 is 5.54 Å². The van der Waals surface area contributed by atoms with E-state index in [2.05, 4.69) is 21.2 Å². The predicted octanol–water partition coefficient (Wildman–Crippen LogP) is 4.15. The highest BCUT2D eigenvalue weighted by atomic mass is 79.9. The fourth-order valence-electron chi connectivity index (χ4n) is 2.31. The molecular weight excluding hydrogens is 404 g/mol. The molecule has 25 heavy (non-hydrogen) atoms. The van der Waals surface area contributed by atoms with Gasteiger partial charge in [0, 0.05) is 16.6 Å². The van der Waals surface area contributed by atoms with Gasteiger partial charge in [0.25, 0.3) is 0 Å². The minimum atomic E-state index is -1.10. The summed E-state index contributed by atoms with van der Waals surface area (Å²) in [4.78, 5) is 12.6. The molecule has 0 aliphatic rings. The maximum atomic E-state index is 12.6. The summed E-state index contributed by atoms with van der Waals surface area (Å²) in [5, 5.41) is 2.91.